The van der Waals surface area contributed by atoms with E-state index < -0.39 is 17.4 Å². The van der Waals surface area contributed by atoms with Gasteiger partial charge >= 0.3 is 5.97 Å². The highest BCUT2D eigenvalue weighted by atomic mass is 16.6. The van der Waals surface area contributed by atoms with Gasteiger partial charge in [0.25, 0.3) is 0 Å². The Kier molecular flexibility index (Phi) is 2.87. The molecule has 5 heteroatoms. The van der Waals surface area contributed by atoms with E-state index in [1.807, 2.05) is 42.5 Å². The normalized spacial score (nSPS) is 35.0. The Balaban J connectivity index is 1.69. The molecule has 5 nitrogen and oxygen atoms in total. The molecule has 1 aromatic rings. The van der Waals surface area contributed by atoms with Crippen molar-refractivity contribution in [1.82, 2.24) is 0 Å². The maximum absolute atomic E-state index is 12.9. The van der Waals surface area contributed by atoms with Gasteiger partial charge in [-0.15, -0.1) is 0 Å². The fourth-order valence-electron chi connectivity index (χ4n) is 3.83. The minimum absolute atomic E-state index is 0.0592. The lowest BCUT2D eigenvalue weighted by Crippen LogP contribution is -2.40. The Hall–Kier alpha value is -2.14. The molecular weight excluding hydrogens is 282 g/mol. The van der Waals surface area contributed by atoms with Gasteiger partial charge < -0.3 is 14.4 Å². The molecule has 0 N–H and O–H groups in total. The van der Waals surface area contributed by atoms with E-state index in [2.05, 4.69) is 0 Å². The van der Waals surface area contributed by atoms with Crippen LogP contribution in [0.25, 0.3) is 0 Å². The second-order valence-corrected chi connectivity index (χ2v) is 5.91. The third kappa shape index (κ3) is 1.69. The van der Waals surface area contributed by atoms with Gasteiger partial charge in [-0.3, -0.25) is 9.59 Å². The highest BCUT2D eigenvalue weighted by Gasteiger charge is 2.67. The van der Waals surface area contributed by atoms with Gasteiger partial charge in [-0.25, -0.2) is 0 Å². The van der Waals surface area contributed by atoms with Gasteiger partial charge in [0, 0.05) is 5.69 Å². The van der Waals surface area contributed by atoms with Crippen LogP contribution in [0.2, 0.25) is 0 Å². The zero-order valence-corrected chi connectivity index (χ0v) is 12.3. The molecule has 3 aliphatic rings. The maximum Gasteiger partial charge on any atom is 0.312 e. The maximum atomic E-state index is 12.9. The number of ether oxygens (including phenoxy) is 2. The van der Waals surface area contributed by atoms with E-state index in [1.165, 1.54) is 0 Å². The monoisotopic (exact) mass is 299 g/mol. The van der Waals surface area contributed by atoms with Crippen molar-refractivity contribution >= 4 is 17.6 Å². The summed E-state index contributed by atoms with van der Waals surface area (Å²) < 4.78 is 11.2. The van der Waals surface area contributed by atoms with E-state index in [1.54, 1.807) is 11.8 Å². The molecule has 22 heavy (non-hydrogen) atoms. The smallest absolute Gasteiger partial charge is 0.312 e. The number of esters is 1. The molecule has 1 spiro atoms. The van der Waals surface area contributed by atoms with Crippen molar-refractivity contribution in [2.24, 2.45) is 11.8 Å². The van der Waals surface area contributed by atoms with Crippen LogP contribution >= 0.6 is 0 Å². The van der Waals surface area contributed by atoms with Crippen molar-refractivity contribution < 1.29 is 19.1 Å². The molecule has 0 saturated carbocycles. The van der Waals surface area contributed by atoms with Crippen molar-refractivity contribution in [1.29, 1.82) is 0 Å². The van der Waals surface area contributed by atoms with Crippen LogP contribution in [-0.2, 0) is 19.1 Å². The predicted molar refractivity (Wildman–Crippen MR) is 79.2 cm³/mol. The van der Waals surface area contributed by atoms with Crippen LogP contribution in [0, 0.1) is 11.8 Å². The van der Waals surface area contributed by atoms with Gasteiger partial charge in [0.05, 0.1) is 25.2 Å². The molecule has 4 rings (SSSR count). The number of rotatable bonds is 3. The van der Waals surface area contributed by atoms with Crippen molar-refractivity contribution in [3.63, 3.8) is 0 Å². The lowest BCUT2D eigenvalue weighted by atomic mass is 9.77. The molecular formula is C17H17NO4. The Bertz CT molecular complexity index is 656. The SMILES string of the molecule is CCOC(=O)[C@H]1[C@H]2C(=O)N(c3ccccc3)C[C@@]23C=C[C@H]1O3. The number of anilines is 1. The fraction of sp³-hybridized carbons (Fsp3) is 0.412. The van der Waals surface area contributed by atoms with Crippen molar-refractivity contribution in [2.75, 3.05) is 18.1 Å². The van der Waals surface area contributed by atoms with Gasteiger partial charge in [-0.1, -0.05) is 30.4 Å². The van der Waals surface area contributed by atoms with Crippen molar-refractivity contribution in [3.8, 4) is 0 Å². The minimum atomic E-state index is -0.685. The number of carbonyl (C=O) groups excluding carboxylic acids is 2. The van der Waals surface area contributed by atoms with Crippen LogP contribution in [0.1, 0.15) is 6.92 Å². The van der Waals surface area contributed by atoms with Crippen molar-refractivity contribution in [3.05, 3.63) is 42.5 Å². The topological polar surface area (TPSA) is 55.8 Å². The zero-order chi connectivity index (χ0) is 15.3. The van der Waals surface area contributed by atoms with Crippen LogP contribution in [0.15, 0.2) is 42.5 Å². The molecule has 3 heterocycles. The summed E-state index contributed by atoms with van der Waals surface area (Å²) in [4.78, 5) is 26.9. The predicted octanol–water partition coefficient (Wildman–Crippen LogP) is 1.54. The molecule has 1 aromatic carbocycles. The Labute approximate surface area is 128 Å². The van der Waals surface area contributed by atoms with Gasteiger partial charge in [-0.05, 0) is 19.1 Å². The quantitative estimate of drug-likeness (QED) is 0.627. The van der Waals surface area contributed by atoms with E-state index in [-0.39, 0.29) is 18.0 Å². The molecule has 0 aliphatic carbocycles. The zero-order valence-electron chi connectivity index (χ0n) is 12.3. The second kappa shape index (κ2) is 4.68. The highest BCUT2D eigenvalue weighted by Crippen LogP contribution is 2.52. The summed E-state index contributed by atoms with van der Waals surface area (Å²) in [7, 11) is 0. The van der Waals surface area contributed by atoms with Crippen molar-refractivity contribution in [2.45, 2.75) is 18.6 Å². The van der Waals surface area contributed by atoms with E-state index in [0.29, 0.717) is 13.2 Å². The molecule has 2 bridgehead atoms. The summed E-state index contributed by atoms with van der Waals surface area (Å²) in [6.45, 7) is 2.52. The molecule has 2 saturated heterocycles. The number of para-hydroxylation sites is 1. The van der Waals surface area contributed by atoms with Crippen LogP contribution in [0.5, 0.6) is 0 Å². The number of carbonyl (C=O) groups is 2. The lowest BCUT2D eigenvalue weighted by Gasteiger charge is -2.22. The molecule has 3 aliphatic heterocycles. The first-order valence-corrected chi connectivity index (χ1v) is 7.56. The highest BCUT2D eigenvalue weighted by molar-refractivity contribution is 6.02. The molecule has 0 unspecified atom stereocenters. The fourth-order valence-corrected chi connectivity index (χ4v) is 3.83. The van der Waals surface area contributed by atoms with Crippen LogP contribution in [-0.4, -0.2) is 36.7 Å². The summed E-state index contributed by atoms with van der Waals surface area (Å²) in [5, 5.41) is 0. The number of benzene rings is 1. The van der Waals surface area contributed by atoms with Gasteiger partial charge in [0.2, 0.25) is 5.91 Å². The van der Waals surface area contributed by atoms with Gasteiger partial charge in [0.15, 0.2) is 0 Å². The van der Waals surface area contributed by atoms with E-state index in [4.69, 9.17) is 9.47 Å². The molecule has 0 aromatic heterocycles. The Morgan fingerprint density at radius 2 is 2.18 bits per heavy atom. The summed E-state index contributed by atoms with van der Waals surface area (Å²) >= 11 is 0. The average Bonchev–Trinajstić information content (AvgIpc) is 3.17. The third-order valence-corrected chi connectivity index (χ3v) is 4.73. The number of hydrogen-bond acceptors (Lipinski definition) is 4. The average molecular weight is 299 g/mol. The third-order valence-electron chi connectivity index (χ3n) is 4.73. The van der Waals surface area contributed by atoms with Crippen LogP contribution in [0.3, 0.4) is 0 Å². The summed E-state index contributed by atoms with van der Waals surface area (Å²) in [5.74, 6) is -1.42. The number of fused-ring (bicyclic) bond motifs is 1. The standard InChI is InChI=1S/C17H17NO4/c1-2-21-16(20)13-12-8-9-17(22-12)10-18(15(19)14(13)17)11-6-4-3-5-7-11/h3-9,12-14H,2,10H2,1H3/t12-,13-,14+,17+/m1/s1. The lowest BCUT2D eigenvalue weighted by molar-refractivity contribution is -0.151. The van der Waals surface area contributed by atoms with E-state index >= 15 is 0 Å². The van der Waals surface area contributed by atoms with E-state index in [0.717, 1.165) is 5.69 Å². The first-order chi connectivity index (χ1) is 10.7. The largest absolute Gasteiger partial charge is 0.466 e. The Morgan fingerprint density at radius 1 is 1.41 bits per heavy atom. The van der Waals surface area contributed by atoms with E-state index in [9.17, 15) is 9.59 Å². The first-order valence-electron chi connectivity index (χ1n) is 7.56. The Morgan fingerprint density at radius 3 is 2.91 bits per heavy atom. The van der Waals surface area contributed by atoms with Crippen LogP contribution < -0.4 is 4.90 Å². The molecule has 1 amide bonds. The molecule has 4 atom stereocenters. The second-order valence-electron chi connectivity index (χ2n) is 5.91. The summed E-state index contributed by atoms with van der Waals surface area (Å²) in [5.41, 5.74) is 0.147. The van der Waals surface area contributed by atoms with Crippen LogP contribution in [0.4, 0.5) is 5.69 Å². The van der Waals surface area contributed by atoms with Gasteiger partial charge in [-0.2, -0.15) is 0 Å². The first kappa shape index (κ1) is 13.5. The number of amides is 1. The van der Waals surface area contributed by atoms with Gasteiger partial charge in [0.1, 0.15) is 11.5 Å². The minimum Gasteiger partial charge on any atom is -0.466 e. The number of hydrogen-bond donors (Lipinski definition) is 0. The molecule has 114 valence electrons. The molecule has 0 radical (unpaired) electrons. The number of nitrogens with zero attached hydrogens (tertiary/aromatic N) is 1. The molecule has 2 fully saturated rings. The summed E-state index contributed by atoms with van der Waals surface area (Å²) in [6.07, 6.45) is 3.49. The summed E-state index contributed by atoms with van der Waals surface area (Å²) in [6, 6.07) is 9.49.